The number of aryl methyl sites for hydroxylation is 1. The number of halogens is 1. The van der Waals surface area contributed by atoms with Crippen molar-refractivity contribution in [3.63, 3.8) is 0 Å². The van der Waals surface area contributed by atoms with Crippen LogP contribution >= 0.6 is 11.6 Å². The number of carbonyl (C=O) groups is 1. The lowest BCUT2D eigenvalue weighted by Gasteiger charge is -2.12. The van der Waals surface area contributed by atoms with Crippen molar-refractivity contribution in [2.45, 2.75) is 19.9 Å². The Kier molecular flexibility index (Phi) is 5.69. The van der Waals surface area contributed by atoms with Gasteiger partial charge in [-0.25, -0.2) is 0 Å². The van der Waals surface area contributed by atoms with Crippen LogP contribution in [-0.2, 0) is 6.54 Å². The van der Waals surface area contributed by atoms with Crippen LogP contribution < -0.4 is 9.47 Å². The van der Waals surface area contributed by atoms with Gasteiger partial charge in [0.15, 0.2) is 11.5 Å². The minimum Gasteiger partial charge on any atom is -0.506 e. The van der Waals surface area contributed by atoms with Crippen molar-refractivity contribution in [1.29, 1.82) is 0 Å². The van der Waals surface area contributed by atoms with E-state index in [2.05, 4.69) is 23.6 Å². The fourth-order valence-electron chi connectivity index (χ4n) is 3.97. The van der Waals surface area contributed by atoms with Gasteiger partial charge in [-0.15, -0.1) is 0 Å². The zero-order chi connectivity index (χ0) is 22.3. The minimum atomic E-state index is -0.257. The van der Waals surface area contributed by atoms with Crippen molar-refractivity contribution in [2.75, 3.05) is 27.7 Å². The Morgan fingerprint density at radius 2 is 2.03 bits per heavy atom. The highest BCUT2D eigenvalue weighted by Crippen LogP contribution is 2.43. The largest absolute Gasteiger partial charge is 0.506 e. The third-order valence-electron chi connectivity index (χ3n) is 5.60. The topological polar surface area (TPSA) is 63.9 Å². The second kappa shape index (κ2) is 8.29. The van der Waals surface area contributed by atoms with Crippen LogP contribution in [0.3, 0.4) is 0 Å². The Morgan fingerprint density at radius 3 is 2.74 bits per heavy atom. The van der Waals surface area contributed by atoms with Gasteiger partial charge in [-0.1, -0.05) is 11.6 Å². The van der Waals surface area contributed by atoms with E-state index in [9.17, 15) is 9.90 Å². The van der Waals surface area contributed by atoms with Crippen LogP contribution in [-0.4, -0.2) is 48.1 Å². The van der Waals surface area contributed by atoms with Crippen molar-refractivity contribution in [3.05, 3.63) is 57.9 Å². The number of aromatic hydroxyl groups is 1. The summed E-state index contributed by atoms with van der Waals surface area (Å²) in [6, 6.07) is 8.89. The van der Waals surface area contributed by atoms with E-state index < -0.39 is 0 Å². The Morgan fingerprint density at radius 1 is 1.26 bits per heavy atom. The monoisotopic (exact) mass is 440 g/mol. The molecule has 0 atom stereocenters. The van der Waals surface area contributed by atoms with Gasteiger partial charge in [0.1, 0.15) is 16.5 Å². The molecular weight excluding hydrogens is 416 g/mol. The molecule has 1 aliphatic heterocycles. The van der Waals surface area contributed by atoms with Crippen LogP contribution in [0.15, 0.2) is 36.1 Å². The van der Waals surface area contributed by atoms with Crippen molar-refractivity contribution in [2.24, 2.45) is 0 Å². The average Bonchev–Trinajstić information content (AvgIpc) is 3.20. The first kappa shape index (κ1) is 21.3. The molecule has 0 aliphatic carbocycles. The smallest absolute Gasteiger partial charge is 0.232 e. The highest BCUT2D eigenvalue weighted by atomic mass is 35.5. The van der Waals surface area contributed by atoms with E-state index in [1.165, 1.54) is 12.1 Å². The maximum absolute atomic E-state index is 12.9. The summed E-state index contributed by atoms with van der Waals surface area (Å²) in [5.74, 6) is 0.747. The number of Topliss-reactive ketones (excluding diaryl/α,β-unsaturated/α-hetero) is 1. The molecular formula is C24H25ClN2O4. The van der Waals surface area contributed by atoms with Gasteiger partial charge in [0.2, 0.25) is 5.78 Å². The van der Waals surface area contributed by atoms with Crippen LogP contribution in [0.5, 0.6) is 17.2 Å². The number of carbonyl (C=O) groups excluding carboxylic acids is 1. The van der Waals surface area contributed by atoms with Gasteiger partial charge in [0, 0.05) is 28.7 Å². The lowest BCUT2D eigenvalue weighted by Crippen LogP contribution is -2.15. The summed E-state index contributed by atoms with van der Waals surface area (Å²) in [7, 11) is 5.75. The third-order valence-corrected chi connectivity index (χ3v) is 5.96. The summed E-state index contributed by atoms with van der Waals surface area (Å²) in [6.07, 6.45) is 2.75. The lowest BCUT2D eigenvalue weighted by molar-refractivity contribution is 0.101. The Balaban J connectivity index is 1.81. The van der Waals surface area contributed by atoms with Gasteiger partial charge in [-0.3, -0.25) is 4.79 Å². The maximum Gasteiger partial charge on any atom is 0.232 e. The van der Waals surface area contributed by atoms with Gasteiger partial charge in [-0.05, 0) is 70.4 Å². The summed E-state index contributed by atoms with van der Waals surface area (Å²) >= 11 is 6.15. The molecule has 31 heavy (non-hydrogen) atoms. The number of aromatic nitrogens is 1. The van der Waals surface area contributed by atoms with E-state index in [-0.39, 0.29) is 28.1 Å². The molecule has 0 fully saturated rings. The number of benzene rings is 2. The first-order chi connectivity index (χ1) is 14.8. The van der Waals surface area contributed by atoms with Crippen LogP contribution in [0.25, 0.3) is 17.0 Å². The number of fused-ring (bicyclic) bond motifs is 2. The molecule has 3 aromatic rings. The van der Waals surface area contributed by atoms with E-state index in [1.54, 1.807) is 13.2 Å². The minimum absolute atomic E-state index is 0.0405. The SMILES string of the molecule is COc1ccc2c(c1)c(C=C1Oc3c(ccc(O)c3Cl)C1=O)c(C)n2CCCN(C)C. The molecule has 6 nitrogen and oxygen atoms in total. The molecule has 2 aromatic carbocycles. The molecule has 0 unspecified atom stereocenters. The first-order valence-electron chi connectivity index (χ1n) is 10.1. The van der Waals surface area contributed by atoms with Gasteiger partial charge >= 0.3 is 0 Å². The third kappa shape index (κ3) is 3.77. The number of ketones is 1. The molecule has 4 rings (SSSR count). The van der Waals surface area contributed by atoms with Crippen molar-refractivity contribution >= 4 is 34.4 Å². The average molecular weight is 441 g/mol. The molecule has 0 bridgehead atoms. The second-order valence-corrected chi connectivity index (χ2v) is 8.28. The standard InChI is InChI=1S/C24H25ClN2O4/c1-14-17(13-21-23(29)16-7-9-20(28)22(25)24(16)31-21)18-12-15(30-4)6-8-19(18)27(14)11-5-10-26(2)3/h6-9,12-13,28H,5,10-11H2,1-4H3. The van der Waals surface area contributed by atoms with E-state index in [0.717, 1.165) is 47.4 Å². The number of ether oxygens (including phenoxy) is 2. The van der Waals surface area contributed by atoms with E-state index in [4.69, 9.17) is 21.1 Å². The zero-order valence-electron chi connectivity index (χ0n) is 18.0. The van der Waals surface area contributed by atoms with Crippen molar-refractivity contribution in [1.82, 2.24) is 9.47 Å². The number of methoxy groups -OCH3 is 1. The Hall–Kier alpha value is -2.96. The Bertz CT molecular complexity index is 1210. The van der Waals surface area contributed by atoms with E-state index in [0.29, 0.717) is 5.56 Å². The second-order valence-electron chi connectivity index (χ2n) is 7.91. The molecule has 1 aliphatic rings. The fraction of sp³-hybridized carbons (Fsp3) is 0.292. The summed E-state index contributed by atoms with van der Waals surface area (Å²) in [5.41, 5.74) is 3.35. The number of phenols is 1. The normalized spacial score (nSPS) is 14.5. The molecule has 0 spiro atoms. The number of hydrogen-bond donors (Lipinski definition) is 1. The molecule has 162 valence electrons. The quantitative estimate of drug-likeness (QED) is 0.553. The van der Waals surface area contributed by atoms with Crippen LogP contribution in [0.4, 0.5) is 0 Å². The predicted octanol–water partition coefficient (Wildman–Crippen LogP) is 4.89. The number of allylic oxidation sites excluding steroid dienone is 1. The number of phenolic OH excluding ortho intramolecular Hbond substituents is 1. The highest BCUT2D eigenvalue weighted by Gasteiger charge is 2.31. The van der Waals surface area contributed by atoms with Crippen LogP contribution in [0.2, 0.25) is 5.02 Å². The molecule has 2 heterocycles. The molecule has 1 N–H and O–H groups in total. The highest BCUT2D eigenvalue weighted by molar-refractivity contribution is 6.35. The number of hydrogen-bond acceptors (Lipinski definition) is 5. The van der Waals surface area contributed by atoms with Crippen LogP contribution in [0, 0.1) is 6.92 Å². The predicted molar refractivity (Wildman–Crippen MR) is 122 cm³/mol. The molecule has 0 radical (unpaired) electrons. The number of nitrogens with zero attached hydrogens (tertiary/aromatic N) is 2. The van der Waals surface area contributed by atoms with E-state index in [1.807, 2.05) is 25.1 Å². The van der Waals surface area contributed by atoms with Gasteiger partial charge in [0.25, 0.3) is 0 Å². The summed E-state index contributed by atoms with van der Waals surface area (Å²) in [6.45, 7) is 3.87. The zero-order valence-corrected chi connectivity index (χ0v) is 18.8. The lowest BCUT2D eigenvalue weighted by atomic mass is 10.1. The molecule has 0 amide bonds. The molecule has 7 heteroatoms. The summed E-state index contributed by atoms with van der Waals surface area (Å²) in [5, 5.41) is 10.9. The summed E-state index contributed by atoms with van der Waals surface area (Å²) in [4.78, 5) is 15.1. The number of rotatable bonds is 6. The van der Waals surface area contributed by atoms with Gasteiger partial charge < -0.3 is 24.0 Å². The van der Waals surface area contributed by atoms with Crippen molar-refractivity contribution in [3.8, 4) is 17.2 Å². The molecule has 0 saturated heterocycles. The molecule has 0 saturated carbocycles. The van der Waals surface area contributed by atoms with Gasteiger partial charge in [-0.2, -0.15) is 0 Å². The summed E-state index contributed by atoms with van der Waals surface area (Å²) < 4.78 is 13.5. The molecule has 1 aromatic heterocycles. The van der Waals surface area contributed by atoms with E-state index >= 15 is 0 Å². The first-order valence-corrected chi connectivity index (χ1v) is 10.5. The van der Waals surface area contributed by atoms with Crippen molar-refractivity contribution < 1.29 is 19.4 Å². The van der Waals surface area contributed by atoms with Crippen LogP contribution in [0.1, 0.15) is 28.0 Å². The maximum atomic E-state index is 12.9. The van der Waals surface area contributed by atoms with Gasteiger partial charge in [0.05, 0.1) is 12.7 Å². The Labute approximate surface area is 186 Å². The fourth-order valence-corrected chi connectivity index (χ4v) is 4.17.